The van der Waals surface area contributed by atoms with Crippen molar-refractivity contribution in [3.05, 3.63) is 146 Å². The first-order chi connectivity index (χ1) is 39.5. The normalized spacial score (nSPS) is 13.1. The van der Waals surface area contributed by atoms with Crippen LogP contribution in [0.25, 0.3) is 0 Å². The zero-order valence-corrected chi connectivity index (χ0v) is 51.8. The summed E-state index contributed by atoms with van der Waals surface area (Å²) in [6.07, 6.45) is 95.5. The van der Waals surface area contributed by atoms with Gasteiger partial charge in [-0.05, 0) is 141 Å². The number of hydrogen-bond acceptors (Lipinski definition) is 6. The number of carbonyl (C=O) groups is 3. The van der Waals surface area contributed by atoms with Gasteiger partial charge < -0.3 is 14.2 Å². The number of unbranched alkanes of at least 4 members (excludes halogenated alkanes) is 23. The van der Waals surface area contributed by atoms with Gasteiger partial charge in [-0.2, -0.15) is 0 Å². The van der Waals surface area contributed by atoms with E-state index in [1.54, 1.807) is 0 Å². The maximum atomic E-state index is 12.9. The monoisotopic (exact) mass is 1100 g/mol. The molecule has 0 bridgehead atoms. The van der Waals surface area contributed by atoms with Crippen LogP contribution in [-0.2, 0) is 28.6 Å². The van der Waals surface area contributed by atoms with Gasteiger partial charge in [0.05, 0.1) is 0 Å². The molecule has 1 unspecified atom stereocenters. The van der Waals surface area contributed by atoms with E-state index in [2.05, 4.69) is 167 Å². The molecule has 0 aromatic rings. The summed E-state index contributed by atoms with van der Waals surface area (Å²) in [4.78, 5) is 38.4. The fourth-order valence-corrected chi connectivity index (χ4v) is 8.70. The number of carbonyl (C=O) groups excluding carboxylic acids is 3. The summed E-state index contributed by atoms with van der Waals surface area (Å²) in [5.41, 5.74) is 0. The van der Waals surface area contributed by atoms with E-state index in [4.69, 9.17) is 14.2 Å². The van der Waals surface area contributed by atoms with Crippen LogP contribution in [0.4, 0.5) is 0 Å². The van der Waals surface area contributed by atoms with E-state index in [-0.39, 0.29) is 31.1 Å². The number of rotatable bonds is 58. The van der Waals surface area contributed by atoms with Crippen LogP contribution in [0.5, 0.6) is 0 Å². The van der Waals surface area contributed by atoms with Gasteiger partial charge in [0.25, 0.3) is 0 Å². The Hall–Kier alpha value is -4.71. The van der Waals surface area contributed by atoms with E-state index in [1.165, 1.54) is 83.5 Å². The van der Waals surface area contributed by atoms with E-state index < -0.39 is 6.10 Å². The van der Waals surface area contributed by atoms with Crippen LogP contribution in [-0.4, -0.2) is 37.2 Å². The molecule has 0 aliphatic heterocycles. The van der Waals surface area contributed by atoms with Gasteiger partial charge in [-0.15, -0.1) is 0 Å². The Balaban J connectivity index is 4.49. The van der Waals surface area contributed by atoms with Crippen LogP contribution < -0.4 is 0 Å². The van der Waals surface area contributed by atoms with Crippen molar-refractivity contribution in [2.75, 3.05) is 13.2 Å². The third kappa shape index (κ3) is 64.1. The highest BCUT2D eigenvalue weighted by atomic mass is 16.6. The van der Waals surface area contributed by atoms with Crippen molar-refractivity contribution >= 4 is 17.9 Å². The minimum atomic E-state index is -0.805. The molecule has 0 radical (unpaired) electrons. The summed E-state index contributed by atoms with van der Waals surface area (Å²) in [5, 5.41) is 0. The van der Waals surface area contributed by atoms with Crippen LogP contribution in [0.3, 0.4) is 0 Å². The molecule has 0 saturated heterocycles. The van der Waals surface area contributed by atoms with Crippen LogP contribution >= 0.6 is 0 Å². The molecule has 0 heterocycles. The highest BCUT2D eigenvalue weighted by Crippen LogP contribution is 2.15. The second kappa shape index (κ2) is 66.8. The van der Waals surface area contributed by atoms with Gasteiger partial charge in [0.15, 0.2) is 6.10 Å². The molecule has 0 rings (SSSR count). The van der Waals surface area contributed by atoms with Gasteiger partial charge in [-0.3, -0.25) is 14.4 Å². The average molecular weight is 1110 g/mol. The quantitative estimate of drug-likeness (QED) is 0.0261. The Bertz CT molecular complexity index is 1750. The molecule has 6 heteroatoms. The largest absolute Gasteiger partial charge is 0.462 e. The molecule has 80 heavy (non-hydrogen) atoms. The first-order valence-corrected chi connectivity index (χ1v) is 32.8. The fourth-order valence-electron chi connectivity index (χ4n) is 8.70. The van der Waals surface area contributed by atoms with E-state index in [9.17, 15) is 14.4 Å². The lowest BCUT2D eigenvalue weighted by Gasteiger charge is -2.18. The van der Waals surface area contributed by atoms with E-state index in [1.807, 2.05) is 0 Å². The first-order valence-electron chi connectivity index (χ1n) is 32.8. The minimum absolute atomic E-state index is 0.0987. The van der Waals surface area contributed by atoms with Crippen molar-refractivity contribution in [1.29, 1.82) is 0 Å². The summed E-state index contributed by atoms with van der Waals surface area (Å²) >= 11 is 0. The molecule has 0 saturated carbocycles. The summed E-state index contributed by atoms with van der Waals surface area (Å²) in [7, 11) is 0. The molecule has 0 amide bonds. The molecule has 0 spiro atoms. The Morgan fingerprint density at radius 2 is 0.487 bits per heavy atom. The van der Waals surface area contributed by atoms with Gasteiger partial charge in [-0.25, -0.2) is 0 Å². The molecule has 6 nitrogen and oxygen atoms in total. The Labute approximate surface area is 493 Å². The van der Waals surface area contributed by atoms with Gasteiger partial charge in [0, 0.05) is 19.3 Å². The first kappa shape index (κ1) is 75.3. The SMILES string of the molecule is CC/C=C\C/C=C\C/C=C\C/C=C\C/C=C\CCCCCCCCCC(=O)OCC(COC(=O)CCCCCCCCC/C=C\C/C=C\CCCCCC)OC(=O)CCCCCCC/C=C\C/C=C\C/C=C\C/C=C\C/C=C\CC. The lowest BCUT2D eigenvalue weighted by Crippen LogP contribution is -2.30. The standard InChI is InChI=1S/C74H120O6/c1-4-7-10-13-16-19-22-25-28-31-34-36-37-39-40-43-46-49-52-55-58-61-64-67-73(76)79-70-71(69-78-72(75)66-63-60-57-54-51-48-45-42-33-30-27-24-21-18-15-12-9-6-3)80-74(77)68-65-62-59-56-53-50-47-44-41-38-35-32-29-26-23-20-17-14-11-8-5-2/h7-8,10-11,16-17,19-21,24-26,28-30,33-36,38-40,44,47,71H,4-6,9,12-15,18,22-23,27,31-32,37,41-43,45-46,48-70H2,1-3H3/b10-7-,11-8-,19-16-,20-17-,24-21-,28-25-,29-26-,33-30-,36-34-,38-35-,40-39-,47-44-. The molecule has 0 aromatic heterocycles. The summed E-state index contributed by atoms with van der Waals surface area (Å²) < 4.78 is 16.9. The number of esters is 3. The van der Waals surface area contributed by atoms with Crippen molar-refractivity contribution in [3.8, 4) is 0 Å². The number of hydrogen-bond donors (Lipinski definition) is 0. The number of allylic oxidation sites excluding steroid dienone is 24. The van der Waals surface area contributed by atoms with Crippen molar-refractivity contribution in [1.82, 2.24) is 0 Å². The average Bonchev–Trinajstić information content (AvgIpc) is 3.46. The Morgan fingerprint density at radius 1 is 0.263 bits per heavy atom. The van der Waals surface area contributed by atoms with Crippen LogP contribution in [0, 0.1) is 0 Å². The summed E-state index contributed by atoms with van der Waals surface area (Å²) in [6, 6.07) is 0. The van der Waals surface area contributed by atoms with Gasteiger partial charge >= 0.3 is 17.9 Å². The van der Waals surface area contributed by atoms with Gasteiger partial charge in [0.1, 0.15) is 13.2 Å². The maximum Gasteiger partial charge on any atom is 0.306 e. The van der Waals surface area contributed by atoms with Crippen LogP contribution in [0.1, 0.15) is 284 Å². The minimum Gasteiger partial charge on any atom is -0.462 e. The smallest absolute Gasteiger partial charge is 0.306 e. The topological polar surface area (TPSA) is 78.9 Å². The molecule has 0 N–H and O–H groups in total. The zero-order chi connectivity index (χ0) is 57.8. The molecule has 0 aliphatic rings. The lowest BCUT2D eigenvalue weighted by atomic mass is 10.1. The fraction of sp³-hybridized carbons (Fsp3) is 0.635. The second-order valence-electron chi connectivity index (χ2n) is 21.3. The maximum absolute atomic E-state index is 12.9. The predicted molar refractivity (Wildman–Crippen MR) is 348 cm³/mol. The molecule has 1 atom stereocenters. The van der Waals surface area contributed by atoms with Crippen LogP contribution in [0.2, 0.25) is 0 Å². The Kier molecular flexibility index (Phi) is 62.9. The van der Waals surface area contributed by atoms with E-state index in [0.29, 0.717) is 19.3 Å². The third-order valence-electron chi connectivity index (χ3n) is 13.6. The number of ether oxygens (including phenoxy) is 3. The van der Waals surface area contributed by atoms with Crippen LogP contribution in [0.15, 0.2) is 146 Å². The highest BCUT2D eigenvalue weighted by molar-refractivity contribution is 5.71. The van der Waals surface area contributed by atoms with Crippen molar-refractivity contribution in [2.24, 2.45) is 0 Å². The molecule has 0 fully saturated rings. The molecular weight excluding hydrogens is 985 g/mol. The molecular formula is C74H120O6. The second-order valence-corrected chi connectivity index (χ2v) is 21.3. The van der Waals surface area contributed by atoms with Crippen molar-refractivity contribution in [3.63, 3.8) is 0 Å². The van der Waals surface area contributed by atoms with E-state index >= 15 is 0 Å². The van der Waals surface area contributed by atoms with Gasteiger partial charge in [0.2, 0.25) is 0 Å². The molecule has 0 aromatic carbocycles. The summed E-state index contributed by atoms with van der Waals surface area (Å²) in [6.45, 7) is 6.37. The highest BCUT2D eigenvalue weighted by Gasteiger charge is 2.19. The molecule has 452 valence electrons. The van der Waals surface area contributed by atoms with Gasteiger partial charge in [-0.1, -0.05) is 269 Å². The molecule has 0 aliphatic carbocycles. The zero-order valence-electron chi connectivity index (χ0n) is 51.8. The summed E-state index contributed by atoms with van der Waals surface area (Å²) in [5.74, 6) is -0.934. The Morgan fingerprint density at radius 3 is 0.762 bits per heavy atom. The van der Waals surface area contributed by atoms with Crippen molar-refractivity contribution in [2.45, 2.75) is 290 Å². The van der Waals surface area contributed by atoms with E-state index in [0.717, 1.165) is 161 Å². The lowest BCUT2D eigenvalue weighted by molar-refractivity contribution is -0.167. The van der Waals surface area contributed by atoms with Crippen molar-refractivity contribution < 1.29 is 28.6 Å². The third-order valence-corrected chi connectivity index (χ3v) is 13.6. The predicted octanol–water partition coefficient (Wildman–Crippen LogP) is 22.7.